The van der Waals surface area contributed by atoms with Gasteiger partial charge in [0.05, 0.1) is 18.9 Å². The highest BCUT2D eigenvalue weighted by Gasteiger charge is 2.27. The number of amides is 1. The lowest BCUT2D eigenvalue weighted by Crippen LogP contribution is -2.37. The van der Waals surface area contributed by atoms with E-state index in [0.29, 0.717) is 32.3 Å². The average Bonchev–Trinajstić information content (AvgIpc) is 3.48. The van der Waals surface area contributed by atoms with Gasteiger partial charge in [-0.1, -0.05) is 6.58 Å². The second-order valence-corrected chi connectivity index (χ2v) is 6.84. The number of hydrogen-bond donors (Lipinski definition) is 1. The third-order valence-corrected chi connectivity index (χ3v) is 5.03. The number of nitrogens with zero attached hydrogens (tertiary/aromatic N) is 4. The van der Waals surface area contributed by atoms with Gasteiger partial charge in [-0.2, -0.15) is 4.98 Å². The zero-order chi connectivity index (χ0) is 17.2. The predicted octanol–water partition coefficient (Wildman–Crippen LogP) is 1.00. The summed E-state index contributed by atoms with van der Waals surface area (Å²) in [7, 11) is 0. The van der Waals surface area contributed by atoms with Crippen molar-refractivity contribution in [2.45, 2.75) is 31.7 Å². The van der Waals surface area contributed by atoms with Gasteiger partial charge in [0.1, 0.15) is 5.82 Å². The molecule has 1 saturated carbocycles. The highest BCUT2D eigenvalue weighted by Crippen LogP contribution is 2.30. The fourth-order valence-electron chi connectivity index (χ4n) is 3.38. The van der Waals surface area contributed by atoms with Crippen molar-refractivity contribution in [2.75, 3.05) is 49.6 Å². The summed E-state index contributed by atoms with van der Waals surface area (Å²) in [6.45, 7) is 8.05. The van der Waals surface area contributed by atoms with Gasteiger partial charge in [-0.05, 0) is 25.3 Å². The Morgan fingerprint density at radius 1 is 1.16 bits per heavy atom. The van der Waals surface area contributed by atoms with E-state index in [1.165, 1.54) is 24.5 Å². The van der Waals surface area contributed by atoms with E-state index in [1.54, 1.807) is 0 Å². The first kappa shape index (κ1) is 16.3. The lowest BCUT2D eigenvalue weighted by molar-refractivity contribution is -0.125. The number of nitrogens with one attached hydrogen (secondary N) is 1. The number of carbonyl (C=O) groups excluding carboxylic acids is 1. The molecule has 0 aromatic carbocycles. The molecule has 0 atom stereocenters. The van der Waals surface area contributed by atoms with E-state index in [-0.39, 0.29) is 5.91 Å². The third-order valence-electron chi connectivity index (χ3n) is 5.03. The Morgan fingerprint density at radius 3 is 2.64 bits per heavy atom. The monoisotopic (exact) mass is 343 g/mol. The molecule has 7 nitrogen and oxygen atoms in total. The summed E-state index contributed by atoms with van der Waals surface area (Å²) >= 11 is 0. The molecule has 3 heterocycles. The summed E-state index contributed by atoms with van der Waals surface area (Å²) in [5.41, 5.74) is 2.24. The Labute approximate surface area is 148 Å². The van der Waals surface area contributed by atoms with Gasteiger partial charge in [0.25, 0.3) is 0 Å². The number of hydrogen-bond acceptors (Lipinski definition) is 6. The second kappa shape index (κ2) is 7.00. The van der Waals surface area contributed by atoms with Crippen molar-refractivity contribution in [3.05, 3.63) is 23.9 Å². The van der Waals surface area contributed by atoms with Crippen LogP contribution in [-0.4, -0.2) is 66.2 Å². The first-order valence-corrected chi connectivity index (χ1v) is 9.15. The molecule has 0 unspecified atom stereocenters. The number of fused-ring (bicyclic) bond motifs is 1. The minimum Gasteiger partial charge on any atom is -0.378 e. The Bertz CT molecular complexity index is 668. The lowest BCUT2D eigenvalue weighted by Gasteiger charge is -2.28. The zero-order valence-electron chi connectivity index (χ0n) is 14.5. The van der Waals surface area contributed by atoms with Gasteiger partial charge in [-0.3, -0.25) is 4.79 Å². The molecule has 2 fully saturated rings. The molecule has 1 N–H and O–H groups in total. The van der Waals surface area contributed by atoms with Crippen molar-refractivity contribution in [2.24, 2.45) is 0 Å². The molecule has 1 aromatic rings. The minimum absolute atomic E-state index is 0.00845. The van der Waals surface area contributed by atoms with E-state index in [4.69, 9.17) is 14.7 Å². The van der Waals surface area contributed by atoms with Gasteiger partial charge in [-0.25, -0.2) is 4.98 Å². The number of aromatic nitrogens is 2. The predicted molar refractivity (Wildman–Crippen MR) is 95.9 cm³/mol. The molecule has 4 rings (SSSR count). The topological polar surface area (TPSA) is 70.6 Å². The largest absolute Gasteiger partial charge is 0.378 e. The van der Waals surface area contributed by atoms with Crippen molar-refractivity contribution >= 4 is 17.7 Å². The van der Waals surface area contributed by atoms with Crippen LogP contribution in [-0.2, 0) is 22.4 Å². The summed E-state index contributed by atoms with van der Waals surface area (Å²) < 4.78 is 5.45. The van der Waals surface area contributed by atoms with Crippen LogP contribution in [0.1, 0.15) is 24.1 Å². The van der Waals surface area contributed by atoms with Crippen LogP contribution in [0.5, 0.6) is 0 Å². The Balaban J connectivity index is 1.63. The van der Waals surface area contributed by atoms with Crippen molar-refractivity contribution in [1.29, 1.82) is 0 Å². The van der Waals surface area contributed by atoms with E-state index >= 15 is 0 Å². The molecule has 1 amide bonds. The van der Waals surface area contributed by atoms with Crippen molar-refractivity contribution in [3.63, 3.8) is 0 Å². The zero-order valence-corrected chi connectivity index (χ0v) is 14.5. The fraction of sp³-hybridized carbons (Fsp3) is 0.611. The molecule has 134 valence electrons. The van der Waals surface area contributed by atoms with Crippen LogP contribution >= 0.6 is 0 Å². The van der Waals surface area contributed by atoms with Crippen molar-refractivity contribution < 1.29 is 9.53 Å². The maximum Gasteiger partial charge on any atom is 0.245 e. The summed E-state index contributed by atoms with van der Waals surface area (Å²) in [6.07, 6.45) is 5.34. The van der Waals surface area contributed by atoms with Gasteiger partial charge in [0, 0.05) is 44.2 Å². The minimum atomic E-state index is -0.00845. The summed E-state index contributed by atoms with van der Waals surface area (Å²) in [5.74, 6) is 1.74. The van der Waals surface area contributed by atoms with E-state index in [9.17, 15) is 4.79 Å². The van der Waals surface area contributed by atoms with Crippen LogP contribution in [0.4, 0.5) is 11.8 Å². The van der Waals surface area contributed by atoms with Gasteiger partial charge < -0.3 is 19.9 Å². The Hall–Kier alpha value is -2.15. The number of ether oxygens (including phenoxy) is 1. The SMILES string of the molecule is C=CC(=O)N1CCc2nc(N3CCOCC3)nc(NC3CC3)c2CC1. The van der Waals surface area contributed by atoms with Gasteiger partial charge in [0.15, 0.2) is 0 Å². The van der Waals surface area contributed by atoms with Crippen LogP contribution in [0.3, 0.4) is 0 Å². The summed E-state index contributed by atoms with van der Waals surface area (Å²) in [5, 5.41) is 3.58. The highest BCUT2D eigenvalue weighted by molar-refractivity contribution is 5.87. The van der Waals surface area contributed by atoms with Crippen LogP contribution < -0.4 is 10.2 Å². The first-order valence-electron chi connectivity index (χ1n) is 9.15. The van der Waals surface area contributed by atoms with Gasteiger partial charge >= 0.3 is 0 Å². The third kappa shape index (κ3) is 3.61. The number of carbonyl (C=O) groups is 1. The maximum atomic E-state index is 12.0. The number of morpholine rings is 1. The lowest BCUT2D eigenvalue weighted by atomic mass is 10.1. The molecular formula is C18H25N5O2. The first-order chi connectivity index (χ1) is 12.2. The Morgan fingerprint density at radius 2 is 1.92 bits per heavy atom. The molecule has 1 aromatic heterocycles. The van der Waals surface area contributed by atoms with Crippen LogP contribution in [0.15, 0.2) is 12.7 Å². The standard InChI is InChI=1S/C18H25N5O2/c1-2-16(24)22-7-5-14-15(6-8-22)20-18(23-9-11-25-12-10-23)21-17(14)19-13-3-4-13/h2,13H,1,3-12H2,(H,19,20,21). The molecule has 3 aliphatic rings. The molecule has 25 heavy (non-hydrogen) atoms. The maximum absolute atomic E-state index is 12.0. The van der Waals surface area contributed by atoms with Crippen LogP contribution in [0.25, 0.3) is 0 Å². The number of rotatable bonds is 4. The van der Waals surface area contributed by atoms with Crippen LogP contribution in [0, 0.1) is 0 Å². The molecule has 7 heteroatoms. The average molecular weight is 343 g/mol. The highest BCUT2D eigenvalue weighted by atomic mass is 16.5. The van der Waals surface area contributed by atoms with E-state index in [0.717, 1.165) is 43.4 Å². The second-order valence-electron chi connectivity index (χ2n) is 6.84. The van der Waals surface area contributed by atoms with Crippen LogP contribution in [0.2, 0.25) is 0 Å². The normalized spacial score (nSPS) is 20.6. The smallest absolute Gasteiger partial charge is 0.245 e. The van der Waals surface area contributed by atoms with E-state index in [1.807, 2.05) is 4.90 Å². The summed E-state index contributed by atoms with van der Waals surface area (Å²) in [4.78, 5) is 25.7. The quantitative estimate of drug-likeness (QED) is 0.823. The molecule has 0 bridgehead atoms. The van der Waals surface area contributed by atoms with Crippen molar-refractivity contribution in [3.8, 4) is 0 Å². The number of anilines is 2. The summed E-state index contributed by atoms with van der Waals surface area (Å²) in [6, 6.07) is 0.533. The Kier molecular flexibility index (Phi) is 4.57. The van der Waals surface area contributed by atoms with E-state index < -0.39 is 0 Å². The molecule has 1 aliphatic carbocycles. The molecule has 1 saturated heterocycles. The molecule has 0 radical (unpaired) electrons. The molecule has 0 spiro atoms. The molecular weight excluding hydrogens is 318 g/mol. The van der Waals surface area contributed by atoms with Gasteiger partial charge in [0.2, 0.25) is 11.9 Å². The van der Waals surface area contributed by atoms with Crippen molar-refractivity contribution in [1.82, 2.24) is 14.9 Å². The van der Waals surface area contributed by atoms with Gasteiger partial charge in [-0.15, -0.1) is 0 Å². The van der Waals surface area contributed by atoms with E-state index in [2.05, 4.69) is 16.8 Å². The fourth-order valence-corrected chi connectivity index (χ4v) is 3.38. The molecule has 2 aliphatic heterocycles.